The van der Waals surface area contributed by atoms with Crippen LogP contribution in [-0.2, 0) is 0 Å². The molecule has 0 aliphatic carbocycles. The molecule has 0 fully saturated rings. The van der Waals surface area contributed by atoms with E-state index in [0.29, 0.717) is 0 Å². The number of H-pyrrole nitrogens is 2. The summed E-state index contributed by atoms with van der Waals surface area (Å²) in [5.41, 5.74) is 8.52. The van der Waals surface area contributed by atoms with Crippen LogP contribution in [0.25, 0.3) is 44.5 Å². The van der Waals surface area contributed by atoms with Crippen LogP contribution in [0.4, 0.5) is 0 Å². The zero-order valence-corrected chi connectivity index (χ0v) is 20.4. The minimum absolute atomic E-state index is 0.807. The van der Waals surface area contributed by atoms with Crippen molar-refractivity contribution in [3.8, 4) is 17.1 Å². The molecule has 0 aromatic carbocycles. The van der Waals surface area contributed by atoms with E-state index in [1.807, 2.05) is 63.4 Å². The molecule has 5 aromatic heterocycles. The molecule has 0 saturated carbocycles. The molecular weight excluding hydrogens is 436 g/mol. The van der Waals surface area contributed by atoms with E-state index in [1.54, 1.807) is 6.33 Å². The van der Waals surface area contributed by atoms with Gasteiger partial charge in [0.15, 0.2) is 0 Å². The Bertz CT molecular complexity index is 1590. The number of allylic oxidation sites excluding steroid dienone is 3. The largest absolute Gasteiger partial charge is 0.352 e. The van der Waals surface area contributed by atoms with Gasteiger partial charge in [0.1, 0.15) is 5.69 Å². The van der Waals surface area contributed by atoms with Crippen LogP contribution in [0.3, 0.4) is 0 Å². The van der Waals surface area contributed by atoms with Gasteiger partial charge >= 0.3 is 0 Å². The maximum atomic E-state index is 4.69. The Morgan fingerprint density at radius 1 is 1.11 bits per heavy atom. The summed E-state index contributed by atoms with van der Waals surface area (Å²) in [4.78, 5) is 19.1. The van der Waals surface area contributed by atoms with Crippen molar-refractivity contribution in [1.82, 2.24) is 39.6 Å². The highest BCUT2D eigenvalue weighted by Crippen LogP contribution is 2.32. The molecular formula is C27H28N8. The van der Waals surface area contributed by atoms with Crippen molar-refractivity contribution >= 4 is 27.4 Å². The van der Waals surface area contributed by atoms with Crippen molar-refractivity contribution in [2.24, 2.45) is 0 Å². The Morgan fingerprint density at radius 2 is 1.97 bits per heavy atom. The number of nitrogens with zero attached hydrogens (tertiary/aromatic N) is 6. The zero-order valence-electron chi connectivity index (χ0n) is 20.4. The van der Waals surface area contributed by atoms with E-state index in [9.17, 15) is 0 Å². The zero-order chi connectivity index (χ0) is 24.5. The molecule has 0 saturated heterocycles. The molecule has 0 unspecified atom stereocenters. The summed E-state index contributed by atoms with van der Waals surface area (Å²) < 4.78 is 1.99. The van der Waals surface area contributed by atoms with Crippen molar-refractivity contribution in [3.63, 3.8) is 0 Å². The van der Waals surface area contributed by atoms with Crippen LogP contribution in [0, 0.1) is 6.92 Å². The fraction of sp³-hybridized carbons (Fsp3) is 0.185. The van der Waals surface area contributed by atoms with Crippen molar-refractivity contribution < 1.29 is 0 Å². The molecule has 176 valence electrons. The number of nitrogens with one attached hydrogen (secondary N) is 2. The van der Waals surface area contributed by atoms with Gasteiger partial charge in [-0.05, 0) is 57.3 Å². The fourth-order valence-corrected chi connectivity index (χ4v) is 4.24. The van der Waals surface area contributed by atoms with E-state index >= 15 is 0 Å². The smallest absolute Gasteiger partial charge is 0.116 e. The van der Waals surface area contributed by atoms with Crippen LogP contribution in [0.5, 0.6) is 0 Å². The first kappa shape index (κ1) is 22.5. The average molecular weight is 465 g/mol. The third-order valence-corrected chi connectivity index (χ3v) is 5.93. The lowest BCUT2D eigenvalue weighted by Crippen LogP contribution is -2.14. The SMILES string of the molecule is C=C/C(=C\C(=C/C)c1cc2c(-c3cc4c(-n5cnc(C)c5)cncc4[nH]3)n[nH]c2cn1)CN(C)C. The number of fused-ring (bicyclic) bond motifs is 2. The first-order valence-electron chi connectivity index (χ1n) is 11.4. The van der Waals surface area contributed by atoms with Gasteiger partial charge in [0.05, 0.1) is 58.7 Å². The molecule has 0 atom stereocenters. The lowest BCUT2D eigenvalue weighted by Gasteiger charge is -2.11. The second-order valence-electron chi connectivity index (χ2n) is 8.82. The molecule has 5 heterocycles. The van der Waals surface area contributed by atoms with E-state index in [0.717, 1.165) is 68.0 Å². The number of imidazole rings is 1. The summed E-state index contributed by atoms with van der Waals surface area (Å²) >= 11 is 0. The molecule has 5 rings (SSSR count). The van der Waals surface area contributed by atoms with E-state index in [2.05, 4.69) is 65.9 Å². The van der Waals surface area contributed by atoms with Gasteiger partial charge in [0.25, 0.3) is 0 Å². The highest BCUT2D eigenvalue weighted by atomic mass is 15.1. The van der Waals surface area contributed by atoms with Gasteiger partial charge in [-0.3, -0.25) is 15.1 Å². The summed E-state index contributed by atoms with van der Waals surface area (Å²) in [5.74, 6) is 0. The Hall–Kier alpha value is -4.30. The van der Waals surface area contributed by atoms with Gasteiger partial charge in [-0.15, -0.1) is 0 Å². The van der Waals surface area contributed by atoms with Gasteiger partial charge in [0.2, 0.25) is 0 Å². The molecule has 2 N–H and O–H groups in total. The summed E-state index contributed by atoms with van der Waals surface area (Å²) in [7, 11) is 4.09. The number of hydrogen-bond donors (Lipinski definition) is 2. The molecule has 0 spiro atoms. The quantitative estimate of drug-likeness (QED) is 0.328. The maximum Gasteiger partial charge on any atom is 0.116 e. The van der Waals surface area contributed by atoms with Crippen molar-refractivity contribution in [3.05, 3.63) is 85.0 Å². The maximum absolute atomic E-state index is 4.69. The number of likely N-dealkylation sites (N-methyl/N-ethyl adjacent to an activating group) is 1. The number of pyridine rings is 2. The molecule has 0 amide bonds. The first-order chi connectivity index (χ1) is 17.0. The molecule has 8 nitrogen and oxygen atoms in total. The van der Waals surface area contributed by atoms with Crippen LogP contribution in [0.2, 0.25) is 0 Å². The summed E-state index contributed by atoms with van der Waals surface area (Å²) in [5, 5.41) is 9.78. The van der Waals surface area contributed by atoms with Crippen molar-refractivity contribution in [1.29, 1.82) is 0 Å². The minimum atomic E-state index is 0.807. The van der Waals surface area contributed by atoms with Crippen LogP contribution >= 0.6 is 0 Å². The van der Waals surface area contributed by atoms with E-state index in [-0.39, 0.29) is 0 Å². The van der Waals surface area contributed by atoms with E-state index in [4.69, 9.17) is 0 Å². The number of aryl methyl sites for hydroxylation is 1. The van der Waals surface area contributed by atoms with Gasteiger partial charge in [0, 0.05) is 23.5 Å². The Morgan fingerprint density at radius 3 is 2.69 bits per heavy atom. The lowest BCUT2D eigenvalue weighted by atomic mass is 10.0. The topological polar surface area (TPSA) is 91.3 Å². The summed E-state index contributed by atoms with van der Waals surface area (Å²) in [6, 6.07) is 4.20. The molecule has 5 aromatic rings. The monoisotopic (exact) mass is 464 g/mol. The van der Waals surface area contributed by atoms with Crippen LogP contribution < -0.4 is 0 Å². The van der Waals surface area contributed by atoms with Gasteiger partial charge in [-0.1, -0.05) is 18.7 Å². The number of aromatic amines is 2. The highest BCUT2D eigenvalue weighted by Gasteiger charge is 2.15. The fourth-order valence-electron chi connectivity index (χ4n) is 4.24. The highest BCUT2D eigenvalue weighted by molar-refractivity contribution is 5.98. The van der Waals surface area contributed by atoms with Crippen LogP contribution in [0.1, 0.15) is 18.3 Å². The summed E-state index contributed by atoms with van der Waals surface area (Å²) in [6.07, 6.45) is 15.4. The predicted molar refractivity (Wildman–Crippen MR) is 141 cm³/mol. The van der Waals surface area contributed by atoms with E-state index < -0.39 is 0 Å². The van der Waals surface area contributed by atoms with Crippen LogP contribution in [0.15, 0.2) is 73.6 Å². The van der Waals surface area contributed by atoms with Gasteiger partial charge in [-0.2, -0.15) is 5.10 Å². The van der Waals surface area contributed by atoms with Gasteiger partial charge < -0.3 is 14.5 Å². The standard InChI is InChI=1S/C27H28N8/c1-6-18(15-34(4)5)8-19(7-2)22-10-21-25(12-29-22)32-33-27(21)23-9-20-24(31-23)11-28-13-26(20)35-14-17(3)30-16-35/h6-14,16,31H,1,15H2,2-5H3,(H,32,33)/b18-8+,19-7+. The Kier molecular flexibility index (Phi) is 5.88. The number of aromatic nitrogens is 7. The van der Waals surface area contributed by atoms with E-state index in [1.165, 1.54) is 0 Å². The third-order valence-electron chi connectivity index (χ3n) is 5.93. The minimum Gasteiger partial charge on any atom is -0.352 e. The second-order valence-corrected chi connectivity index (χ2v) is 8.82. The molecule has 0 radical (unpaired) electrons. The Labute approximate surface area is 203 Å². The Balaban J connectivity index is 1.59. The molecule has 8 heteroatoms. The normalized spacial score (nSPS) is 12.8. The third kappa shape index (κ3) is 4.31. The van der Waals surface area contributed by atoms with Crippen molar-refractivity contribution in [2.75, 3.05) is 20.6 Å². The average Bonchev–Trinajstić information content (AvgIpc) is 3.58. The molecule has 35 heavy (non-hydrogen) atoms. The van der Waals surface area contributed by atoms with Crippen molar-refractivity contribution in [2.45, 2.75) is 13.8 Å². The van der Waals surface area contributed by atoms with Gasteiger partial charge in [-0.25, -0.2) is 4.98 Å². The lowest BCUT2D eigenvalue weighted by molar-refractivity contribution is 0.449. The first-order valence-corrected chi connectivity index (χ1v) is 11.4. The molecule has 0 aliphatic heterocycles. The number of hydrogen-bond acceptors (Lipinski definition) is 5. The second kappa shape index (κ2) is 9.15. The molecule has 0 bridgehead atoms. The molecule has 0 aliphatic rings. The predicted octanol–water partition coefficient (Wildman–Crippen LogP) is 5.07. The van der Waals surface area contributed by atoms with Crippen LogP contribution in [-0.4, -0.2) is 60.2 Å². The summed E-state index contributed by atoms with van der Waals surface area (Å²) in [6.45, 7) is 8.77. The number of rotatable bonds is 7.